The molecule has 5 nitrogen and oxygen atoms in total. The maximum atomic E-state index is 12.1. The van der Waals surface area contributed by atoms with E-state index in [-0.39, 0.29) is 5.56 Å². The molecular weight excluding hydrogens is 290 g/mol. The summed E-state index contributed by atoms with van der Waals surface area (Å²) in [5.41, 5.74) is 1.74. The number of ether oxygens (including phenoxy) is 1. The molecule has 3 rings (SSSR count). The molecular formula is C18H23N3O2. The number of hydrogen-bond donors (Lipinski definition) is 0. The number of likely N-dealkylation sites (tertiary alicyclic amines) is 1. The minimum atomic E-state index is -0.0495. The van der Waals surface area contributed by atoms with Crippen LogP contribution < -0.4 is 10.3 Å². The summed E-state index contributed by atoms with van der Waals surface area (Å²) in [6.45, 7) is 2.66. The van der Waals surface area contributed by atoms with Crippen molar-refractivity contribution in [1.29, 1.82) is 0 Å². The maximum absolute atomic E-state index is 12.1. The van der Waals surface area contributed by atoms with Crippen LogP contribution in [0.2, 0.25) is 0 Å². The van der Waals surface area contributed by atoms with Crippen LogP contribution in [0.5, 0.6) is 5.75 Å². The molecule has 5 heteroatoms. The van der Waals surface area contributed by atoms with Crippen molar-refractivity contribution in [3.05, 3.63) is 46.8 Å². The standard InChI is InChI=1S/C18H23N3O2/c1-23-16-8-6-15(7-9-16)17-10-11-18(22)21(19-17)14-20-12-4-2-3-5-13-20/h6-11H,2-5,12-14H2,1H3. The van der Waals surface area contributed by atoms with Gasteiger partial charge in [-0.3, -0.25) is 9.69 Å². The SMILES string of the molecule is COc1ccc(-c2ccc(=O)n(CN3CCCCCC3)n2)cc1. The summed E-state index contributed by atoms with van der Waals surface area (Å²) in [5, 5.41) is 4.54. The van der Waals surface area contributed by atoms with Crippen LogP contribution in [0.1, 0.15) is 25.7 Å². The van der Waals surface area contributed by atoms with Crippen molar-refractivity contribution < 1.29 is 4.74 Å². The van der Waals surface area contributed by atoms with Gasteiger partial charge in [0.15, 0.2) is 0 Å². The van der Waals surface area contributed by atoms with Crippen LogP contribution in [0.3, 0.4) is 0 Å². The minimum Gasteiger partial charge on any atom is -0.497 e. The Labute approximate surface area is 136 Å². The second-order valence-electron chi connectivity index (χ2n) is 5.96. The highest BCUT2D eigenvalue weighted by Crippen LogP contribution is 2.19. The number of aromatic nitrogens is 2. The molecule has 1 fully saturated rings. The molecule has 1 aromatic heterocycles. The highest BCUT2D eigenvalue weighted by molar-refractivity contribution is 5.59. The Bertz CT molecular complexity index is 686. The summed E-state index contributed by atoms with van der Waals surface area (Å²) in [6.07, 6.45) is 4.97. The van der Waals surface area contributed by atoms with Gasteiger partial charge in [-0.05, 0) is 56.3 Å². The summed E-state index contributed by atoms with van der Waals surface area (Å²) in [5.74, 6) is 0.812. The predicted octanol–water partition coefficient (Wildman–Crippen LogP) is 2.75. The summed E-state index contributed by atoms with van der Waals surface area (Å²) >= 11 is 0. The lowest BCUT2D eigenvalue weighted by Gasteiger charge is -2.20. The zero-order valence-corrected chi connectivity index (χ0v) is 13.6. The van der Waals surface area contributed by atoms with Crippen LogP contribution in [0.15, 0.2) is 41.2 Å². The number of methoxy groups -OCH3 is 1. The fraction of sp³-hybridized carbons (Fsp3) is 0.444. The lowest BCUT2D eigenvalue weighted by molar-refractivity contribution is 0.210. The largest absolute Gasteiger partial charge is 0.497 e. The Balaban J connectivity index is 1.81. The van der Waals surface area contributed by atoms with Gasteiger partial charge in [-0.25, -0.2) is 4.68 Å². The first kappa shape index (κ1) is 15.7. The molecule has 2 heterocycles. The van der Waals surface area contributed by atoms with Crippen molar-refractivity contribution >= 4 is 0 Å². The molecule has 1 aliphatic rings. The molecule has 0 bridgehead atoms. The van der Waals surface area contributed by atoms with Gasteiger partial charge in [0.25, 0.3) is 5.56 Å². The first-order chi connectivity index (χ1) is 11.3. The van der Waals surface area contributed by atoms with E-state index < -0.39 is 0 Å². The lowest BCUT2D eigenvalue weighted by atomic mass is 10.1. The molecule has 0 radical (unpaired) electrons. The smallest absolute Gasteiger partial charge is 0.268 e. The molecule has 0 N–H and O–H groups in total. The van der Waals surface area contributed by atoms with Gasteiger partial charge in [-0.1, -0.05) is 12.8 Å². The van der Waals surface area contributed by atoms with Gasteiger partial charge in [-0.2, -0.15) is 5.10 Å². The van der Waals surface area contributed by atoms with Crippen molar-refractivity contribution in [3.8, 4) is 17.0 Å². The Hall–Kier alpha value is -2.14. The van der Waals surface area contributed by atoms with Crippen LogP contribution in [0.25, 0.3) is 11.3 Å². The normalized spacial score (nSPS) is 16.0. The molecule has 0 saturated carbocycles. The quantitative estimate of drug-likeness (QED) is 0.871. The molecule has 1 aliphatic heterocycles. The Morgan fingerprint density at radius 2 is 1.70 bits per heavy atom. The molecule has 2 aromatic rings. The lowest BCUT2D eigenvalue weighted by Crippen LogP contribution is -2.34. The average molecular weight is 313 g/mol. The summed E-state index contributed by atoms with van der Waals surface area (Å²) in [7, 11) is 1.65. The second-order valence-corrected chi connectivity index (χ2v) is 5.96. The maximum Gasteiger partial charge on any atom is 0.268 e. The molecule has 0 unspecified atom stereocenters. The van der Waals surface area contributed by atoms with Crippen molar-refractivity contribution in [2.75, 3.05) is 20.2 Å². The summed E-state index contributed by atoms with van der Waals surface area (Å²) in [6, 6.07) is 11.1. The van der Waals surface area contributed by atoms with E-state index in [0.29, 0.717) is 6.67 Å². The average Bonchev–Trinajstić information content (AvgIpc) is 2.86. The number of nitrogens with zero attached hydrogens (tertiary/aromatic N) is 3. The molecule has 1 aromatic carbocycles. The molecule has 0 aliphatic carbocycles. The van der Waals surface area contributed by atoms with E-state index in [1.54, 1.807) is 23.9 Å². The van der Waals surface area contributed by atoms with Crippen LogP contribution in [0.4, 0.5) is 0 Å². The van der Waals surface area contributed by atoms with Crippen molar-refractivity contribution in [2.24, 2.45) is 0 Å². The van der Waals surface area contributed by atoms with Crippen LogP contribution >= 0.6 is 0 Å². The van der Waals surface area contributed by atoms with E-state index in [1.165, 1.54) is 25.7 Å². The third-order valence-electron chi connectivity index (χ3n) is 4.29. The molecule has 1 saturated heterocycles. The van der Waals surface area contributed by atoms with E-state index >= 15 is 0 Å². The molecule has 0 atom stereocenters. The van der Waals surface area contributed by atoms with E-state index in [2.05, 4.69) is 10.00 Å². The van der Waals surface area contributed by atoms with E-state index in [1.807, 2.05) is 24.3 Å². The number of hydrogen-bond acceptors (Lipinski definition) is 4. The third kappa shape index (κ3) is 3.99. The Kier molecular flexibility index (Phi) is 5.08. The van der Waals surface area contributed by atoms with Gasteiger partial charge in [0.2, 0.25) is 0 Å². The molecule has 122 valence electrons. The van der Waals surface area contributed by atoms with E-state index in [0.717, 1.165) is 30.1 Å². The third-order valence-corrected chi connectivity index (χ3v) is 4.29. The van der Waals surface area contributed by atoms with E-state index in [9.17, 15) is 4.79 Å². The predicted molar refractivity (Wildman–Crippen MR) is 90.5 cm³/mol. The molecule has 0 amide bonds. The van der Waals surface area contributed by atoms with Gasteiger partial charge in [0.05, 0.1) is 19.5 Å². The Morgan fingerprint density at radius 1 is 1.00 bits per heavy atom. The van der Waals surface area contributed by atoms with Crippen LogP contribution in [-0.2, 0) is 6.67 Å². The highest BCUT2D eigenvalue weighted by atomic mass is 16.5. The van der Waals surface area contributed by atoms with Crippen molar-refractivity contribution in [1.82, 2.24) is 14.7 Å². The zero-order chi connectivity index (χ0) is 16.1. The number of rotatable bonds is 4. The van der Waals surface area contributed by atoms with E-state index in [4.69, 9.17) is 4.74 Å². The van der Waals surface area contributed by atoms with Crippen molar-refractivity contribution in [2.45, 2.75) is 32.4 Å². The van der Waals surface area contributed by atoms with Gasteiger partial charge in [-0.15, -0.1) is 0 Å². The zero-order valence-electron chi connectivity index (χ0n) is 13.6. The second kappa shape index (κ2) is 7.42. The first-order valence-corrected chi connectivity index (χ1v) is 8.21. The summed E-state index contributed by atoms with van der Waals surface area (Å²) < 4.78 is 6.75. The van der Waals surface area contributed by atoms with Crippen LogP contribution in [0, 0.1) is 0 Å². The highest BCUT2D eigenvalue weighted by Gasteiger charge is 2.11. The van der Waals surface area contributed by atoms with Crippen molar-refractivity contribution in [3.63, 3.8) is 0 Å². The minimum absolute atomic E-state index is 0.0495. The first-order valence-electron chi connectivity index (χ1n) is 8.21. The number of benzene rings is 1. The molecule has 0 spiro atoms. The summed E-state index contributed by atoms with van der Waals surface area (Å²) in [4.78, 5) is 14.4. The fourth-order valence-electron chi connectivity index (χ4n) is 2.93. The monoisotopic (exact) mass is 313 g/mol. The molecule has 23 heavy (non-hydrogen) atoms. The topological polar surface area (TPSA) is 47.4 Å². The van der Waals surface area contributed by atoms with Crippen LogP contribution in [-0.4, -0.2) is 34.9 Å². The van der Waals surface area contributed by atoms with Gasteiger partial charge in [0, 0.05) is 11.6 Å². The van der Waals surface area contributed by atoms with Gasteiger partial charge in [0.1, 0.15) is 5.75 Å². The Morgan fingerprint density at radius 3 is 2.35 bits per heavy atom. The van der Waals surface area contributed by atoms with Gasteiger partial charge < -0.3 is 4.74 Å². The van der Waals surface area contributed by atoms with Gasteiger partial charge >= 0.3 is 0 Å². The fourth-order valence-corrected chi connectivity index (χ4v) is 2.93.